The van der Waals surface area contributed by atoms with Gasteiger partial charge in [0.15, 0.2) is 5.15 Å². The summed E-state index contributed by atoms with van der Waals surface area (Å²) in [5.41, 5.74) is 1.28. The van der Waals surface area contributed by atoms with Gasteiger partial charge in [0, 0.05) is 11.8 Å². The summed E-state index contributed by atoms with van der Waals surface area (Å²) in [4.78, 5) is 3.93. The normalized spacial score (nSPS) is 10.3. The average molecular weight is 261 g/mol. The highest BCUT2D eigenvalue weighted by molar-refractivity contribution is 6.35. The second kappa shape index (κ2) is 4.31. The molecule has 0 aliphatic heterocycles. The van der Waals surface area contributed by atoms with Crippen molar-refractivity contribution in [1.29, 1.82) is 0 Å². The molecule has 3 nitrogen and oxygen atoms in total. The maximum absolute atomic E-state index is 5.96. The van der Waals surface area contributed by atoms with Crippen LogP contribution in [0.3, 0.4) is 0 Å². The van der Waals surface area contributed by atoms with Gasteiger partial charge < -0.3 is 0 Å². The van der Waals surface area contributed by atoms with E-state index in [4.69, 9.17) is 34.8 Å². The van der Waals surface area contributed by atoms with Crippen LogP contribution in [0, 0.1) is 0 Å². The zero-order chi connectivity index (χ0) is 10.8. The first-order valence-corrected chi connectivity index (χ1v) is 5.11. The van der Waals surface area contributed by atoms with Crippen LogP contribution in [0.2, 0.25) is 15.3 Å². The molecule has 0 saturated carbocycles. The maximum Gasteiger partial charge on any atom is 0.153 e. The van der Waals surface area contributed by atoms with E-state index in [0.29, 0.717) is 15.9 Å². The molecule has 0 aliphatic carbocycles. The topological polar surface area (TPSA) is 38.7 Å². The van der Waals surface area contributed by atoms with Gasteiger partial charge in [-0.2, -0.15) is 0 Å². The van der Waals surface area contributed by atoms with Crippen molar-refractivity contribution in [3.05, 3.63) is 39.7 Å². The van der Waals surface area contributed by atoms with Crippen LogP contribution in [0.4, 0.5) is 0 Å². The van der Waals surface area contributed by atoms with E-state index < -0.39 is 0 Å². The van der Waals surface area contributed by atoms with Crippen LogP contribution in [0.15, 0.2) is 24.4 Å². The van der Waals surface area contributed by atoms with Gasteiger partial charge in [-0.15, -0.1) is 10.2 Å². The quantitative estimate of drug-likeness (QED) is 0.737. The number of nitrogens with zero attached hydrogens (tertiary/aromatic N) is 3. The third kappa shape index (κ3) is 2.37. The average Bonchev–Trinajstić information content (AvgIpc) is 2.20. The van der Waals surface area contributed by atoms with E-state index in [1.807, 2.05) is 0 Å². The molecule has 2 heterocycles. The van der Waals surface area contributed by atoms with Crippen molar-refractivity contribution in [2.24, 2.45) is 0 Å². The molecule has 2 rings (SSSR count). The molecule has 0 radical (unpaired) electrons. The molecule has 2 aromatic heterocycles. The van der Waals surface area contributed by atoms with E-state index in [-0.39, 0.29) is 5.15 Å². The predicted molar refractivity (Wildman–Crippen MR) is 60.3 cm³/mol. The van der Waals surface area contributed by atoms with Crippen LogP contribution < -0.4 is 0 Å². The summed E-state index contributed by atoms with van der Waals surface area (Å²) < 4.78 is 0. The van der Waals surface area contributed by atoms with E-state index in [9.17, 15) is 0 Å². The molecule has 0 spiro atoms. The predicted octanol–water partition coefficient (Wildman–Crippen LogP) is 3.50. The van der Waals surface area contributed by atoms with Crippen molar-refractivity contribution in [2.75, 3.05) is 0 Å². The summed E-state index contributed by atoms with van der Waals surface area (Å²) in [5.74, 6) is 0. The van der Waals surface area contributed by atoms with E-state index in [2.05, 4.69) is 15.2 Å². The molecule has 0 aliphatic rings. The zero-order valence-electron chi connectivity index (χ0n) is 7.28. The number of hydrogen-bond acceptors (Lipinski definition) is 3. The zero-order valence-corrected chi connectivity index (χ0v) is 9.55. The molecule has 0 unspecified atom stereocenters. The highest BCUT2D eigenvalue weighted by Crippen LogP contribution is 2.26. The van der Waals surface area contributed by atoms with Crippen LogP contribution in [-0.2, 0) is 0 Å². The first kappa shape index (κ1) is 10.6. The minimum absolute atomic E-state index is 0.255. The lowest BCUT2D eigenvalue weighted by molar-refractivity contribution is 1.04. The van der Waals surface area contributed by atoms with Gasteiger partial charge in [0.05, 0.1) is 5.02 Å². The first-order valence-electron chi connectivity index (χ1n) is 3.97. The fourth-order valence-corrected chi connectivity index (χ4v) is 1.62. The summed E-state index contributed by atoms with van der Waals surface area (Å²) in [6, 6.07) is 4.95. The lowest BCUT2D eigenvalue weighted by Gasteiger charge is -2.01. The van der Waals surface area contributed by atoms with E-state index >= 15 is 0 Å². The summed E-state index contributed by atoms with van der Waals surface area (Å²) in [6.07, 6.45) is 1.58. The standard InChI is InChI=1S/C9H4Cl3N3/c10-6-3-8(12)14-15-9(6)5-1-2-7(11)13-4-5/h1-4H. The molecule has 0 N–H and O–H groups in total. The maximum atomic E-state index is 5.96. The molecule has 0 amide bonds. The summed E-state index contributed by atoms with van der Waals surface area (Å²) in [6.45, 7) is 0. The Bertz CT molecular complexity index is 484. The molecule has 2 aromatic rings. The number of hydrogen-bond donors (Lipinski definition) is 0. The van der Waals surface area contributed by atoms with Crippen LogP contribution in [0.25, 0.3) is 11.3 Å². The van der Waals surface area contributed by atoms with Crippen molar-refractivity contribution in [3.63, 3.8) is 0 Å². The fraction of sp³-hybridized carbons (Fsp3) is 0. The van der Waals surface area contributed by atoms with Crippen LogP contribution in [-0.4, -0.2) is 15.2 Å². The molecule has 15 heavy (non-hydrogen) atoms. The van der Waals surface area contributed by atoms with Crippen LogP contribution >= 0.6 is 34.8 Å². The molecule has 6 heteroatoms. The molecule has 0 bridgehead atoms. The molecule has 0 atom stereocenters. The second-order valence-corrected chi connectivity index (χ2v) is 3.91. The van der Waals surface area contributed by atoms with Crippen molar-refractivity contribution >= 4 is 34.8 Å². The molecule has 0 saturated heterocycles. The number of pyridine rings is 1. The molecule has 0 aromatic carbocycles. The Labute approximate surface area is 101 Å². The third-order valence-corrected chi connectivity index (χ3v) is 2.41. The summed E-state index contributed by atoms with van der Waals surface area (Å²) in [7, 11) is 0. The van der Waals surface area contributed by atoms with Gasteiger partial charge in [0.25, 0.3) is 0 Å². The van der Waals surface area contributed by atoms with Gasteiger partial charge in [-0.1, -0.05) is 34.8 Å². The Kier molecular flexibility index (Phi) is 3.05. The lowest BCUT2D eigenvalue weighted by Crippen LogP contribution is -1.90. The molecule has 76 valence electrons. The Hall–Kier alpha value is -0.900. The minimum Gasteiger partial charge on any atom is -0.244 e. The van der Waals surface area contributed by atoms with Gasteiger partial charge in [0.2, 0.25) is 0 Å². The number of halogens is 3. The van der Waals surface area contributed by atoms with E-state index in [1.54, 1.807) is 18.3 Å². The molecule has 0 fully saturated rings. The summed E-state index contributed by atoms with van der Waals surface area (Å²) >= 11 is 17.3. The smallest absolute Gasteiger partial charge is 0.153 e. The van der Waals surface area contributed by atoms with Gasteiger partial charge in [-0.3, -0.25) is 0 Å². The first-order chi connectivity index (χ1) is 7.16. The van der Waals surface area contributed by atoms with Crippen molar-refractivity contribution in [3.8, 4) is 11.3 Å². The highest BCUT2D eigenvalue weighted by atomic mass is 35.5. The molecular formula is C9H4Cl3N3. The fourth-order valence-electron chi connectivity index (χ4n) is 1.06. The third-order valence-electron chi connectivity index (χ3n) is 1.72. The van der Waals surface area contributed by atoms with Crippen LogP contribution in [0.5, 0.6) is 0 Å². The van der Waals surface area contributed by atoms with Crippen LogP contribution in [0.1, 0.15) is 0 Å². The number of aromatic nitrogens is 3. The Morgan fingerprint density at radius 1 is 0.933 bits per heavy atom. The van der Waals surface area contributed by atoms with Gasteiger partial charge in [-0.25, -0.2) is 4.98 Å². The minimum atomic E-state index is 0.255. The van der Waals surface area contributed by atoms with Gasteiger partial charge >= 0.3 is 0 Å². The Morgan fingerprint density at radius 2 is 1.73 bits per heavy atom. The number of rotatable bonds is 1. The second-order valence-electron chi connectivity index (χ2n) is 2.73. The summed E-state index contributed by atoms with van der Waals surface area (Å²) in [5, 5.41) is 8.69. The van der Waals surface area contributed by atoms with Crippen molar-refractivity contribution in [1.82, 2.24) is 15.2 Å². The van der Waals surface area contributed by atoms with E-state index in [0.717, 1.165) is 5.56 Å². The largest absolute Gasteiger partial charge is 0.244 e. The van der Waals surface area contributed by atoms with E-state index in [1.165, 1.54) is 6.07 Å². The SMILES string of the molecule is Clc1ccc(-c2nnc(Cl)cc2Cl)cn1. The van der Waals surface area contributed by atoms with Gasteiger partial charge in [0.1, 0.15) is 10.8 Å². The highest BCUT2D eigenvalue weighted by Gasteiger charge is 2.07. The van der Waals surface area contributed by atoms with Crippen molar-refractivity contribution < 1.29 is 0 Å². The molecular weight excluding hydrogens is 256 g/mol. The monoisotopic (exact) mass is 259 g/mol. The lowest BCUT2D eigenvalue weighted by atomic mass is 10.2. The van der Waals surface area contributed by atoms with Gasteiger partial charge in [-0.05, 0) is 18.2 Å². The Morgan fingerprint density at radius 3 is 2.33 bits per heavy atom. The van der Waals surface area contributed by atoms with Crippen molar-refractivity contribution in [2.45, 2.75) is 0 Å². The Balaban J connectivity index is 2.49.